The van der Waals surface area contributed by atoms with Gasteiger partial charge in [-0.05, 0) is 37.3 Å². The Morgan fingerprint density at radius 1 is 1.00 bits per heavy atom. The van der Waals surface area contributed by atoms with Crippen molar-refractivity contribution in [1.82, 2.24) is 0 Å². The summed E-state index contributed by atoms with van der Waals surface area (Å²) in [6.07, 6.45) is 5.33. The van der Waals surface area contributed by atoms with E-state index in [1.165, 1.54) is 0 Å². The molecule has 4 nitrogen and oxygen atoms in total. The minimum absolute atomic E-state index is 0.0408. The molecule has 0 amide bonds. The van der Waals surface area contributed by atoms with Crippen molar-refractivity contribution in [3.05, 3.63) is 83.6 Å². The molecule has 1 aliphatic heterocycles. The maximum absolute atomic E-state index is 11.3. The fraction of sp³-hybridized carbons (Fsp3) is 0.182. The molecule has 0 saturated heterocycles. The molecule has 26 heavy (non-hydrogen) atoms. The van der Waals surface area contributed by atoms with Crippen LogP contribution < -0.4 is 0 Å². The predicted octanol–water partition coefficient (Wildman–Crippen LogP) is 5.30. The molecule has 1 heterocycles. The first-order valence-electron chi connectivity index (χ1n) is 8.43. The largest absolute Gasteiger partial charge is 0.453 e. The molecule has 0 N–H and O–H groups in total. The molecule has 0 radical (unpaired) electrons. The van der Waals surface area contributed by atoms with Gasteiger partial charge < -0.3 is 9.47 Å². The first kappa shape index (κ1) is 17.7. The Hall–Kier alpha value is -3.14. The summed E-state index contributed by atoms with van der Waals surface area (Å²) < 4.78 is 11.8. The van der Waals surface area contributed by atoms with Crippen LogP contribution in [0.3, 0.4) is 0 Å². The van der Waals surface area contributed by atoms with E-state index in [0.29, 0.717) is 11.3 Å². The van der Waals surface area contributed by atoms with Gasteiger partial charge in [-0.3, -0.25) is 9.79 Å². The van der Waals surface area contributed by atoms with Gasteiger partial charge in [-0.25, -0.2) is 0 Å². The summed E-state index contributed by atoms with van der Waals surface area (Å²) in [5.41, 5.74) is 2.43. The van der Waals surface area contributed by atoms with Gasteiger partial charge in [0.25, 0.3) is 0 Å². The fourth-order valence-corrected chi connectivity index (χ4v) is 2.56. The number of ketones is 1. The third-order valence-electron chi connectivity index (χ3n) is 3.79. The minimum atomic E-state index is -0.761. The standard InChI is InChI=1S/C22H21NO3/c1-16(24)17-9-11-19(12-10-17)23-14-13-20-15-21(26-22(2,3)25-20)18-7-5-4-6-8-18/h4-15H,1-3H3/b20-13+,23-14?. The molecule has 0 aliphatic carbocycles. The van der Waals surface area contributed by atoms with Crippen molar-refractivity contribution in [2.24, 2.45) is 4.99 Å². The number of hydrogen-bond acceptors (Lipinski definition) is 4. The summed E-state index contributed by atoms with van der Waals surface area (Å²) in [6, 6.07) is 17.1. The van der Waals surface area contributed by atoms with Crippen LogP contribution in [-0.4, -0.2) is 17.8 Å². The van der Waals surface area contributed by atoms with Crippen molar-refractivity contribution in [3.63, 3.8) is 0 Å². The lowest BCUT2D eigenvalue weighted by molar-refractivity contribution is -0.149. The van der Waals surface area contributed by atoms with Crippen LogP contribution in [0, 0.1) is 0 Å². The third kappa shape index (κ3) is 4.48. The van der Waals surface area contributed by atoms with E-state index in [1.807, 2.05) is 62.4 Å². The van der Waals surface area contributed by atoms with Gasteiger partial charge in [0.15, 0.2) is 5.78 Å². The first-order chi connectivity index (χ1) is 12.4. The quantitative estimate of drug-likeness (QED) is 0.557. The highest BCUT2D eigenvalue weighted by molar-refractivity contribution is 5.94. The van der Waals surface area contributed by atoms with Gasteiger partial charge in [-0.1, -0.05) is 30.3 Å². The number of ether oxygens (including phenoxy) is 2. The van der Waals surface area contributed by atoms with Gasteiger partial charge in [0.1, 0.15) is 11.5 Å². The zero-order valence-electron chi connectivity index (χ0n) is 15.1. The van der Waals surface area contributed by atoms with Crippen LogP contribution in [0.5, 0.6) is 0 Å². The van der Waals surface area contributed by atoms with Crippen LogP contribution in [0.25, 0.3) is 5.76 Å². The molecule has 0 aromatic heterocycles. The molecular formula is C22H21NO3. The second-order valence-corrected chi connectivity index (χ2v) is 6.43. The number of Topliss-reactive ketones (excluding diaryl/α,β-unsaturated/α-hetero) is 1. The minimum Gasteiger partial charge on any atom is -0.453 e. The highest BCUT2D eigenvalue weighted by Crippen LogP contribution is 2.32. The molecule has 1 aliphatic rings. The number of benzene rings is 2. The summed E-state index contributed by atoms with van der Waals surface area (Å²) in [5, 5.41) is 0. The lowest BCUT2D eigenvalue weighted by Crippen LogP contribution is -2.30. The second kappa shape index (κ2) is 7.40. The molecule has 0 spiro atoms. The van der Waals surface area contributed by atoms with E-state index >= 15 is 0 Å². The van der Waals surface area contributed by atoms with Crippen molar-refractivity contribution in [3.8, 4) is 0 Å². The van der Waals surface area contributed by atoms with Crippen LogP contribution >= 0.6 is 0 Å². The molecule has 0 unspecified atom stereocenters. The smallest absolute Gasteiger partial charge is 0.245 e. The highest BCUT2D eigenvalue weighted by atomic mass is 16.7. The van der Waals surface area contributed by atoms with Crippen LogP contribution in [0.1, 0.15) is 36.7 Å². The van der Waals surface area contributed by atoms with E-state index in [4.69, 9.17) is 9.47 Å². The van der Waals surface area contributed by atoms with Crippen molar-refractivity contribution in [2.75, 3.05) is 0 Å². The predicted molar refractivity (Wildman–Crippen MR) is 103 cm³/mol. The van der Waals surface area contributed by atoms with Crippen molar-refractivity contribution in [2.45, 2.75) is 26.6 Å². The molecule has 2 aromatic rings. The van der Waals surface area contributed by atoms with Gasteiger partial charge in [0.05, 0.1) is 5.69 Å². The molecule has 0 bridgehead atoms. The molecule has 3 rings (SSSR count). The van der Waals surface area contributed by atoms with Gasteiger partial charge in [0, 0.05) is 37.3 Å². The monoisotopic (exact) mass is 347 g/mol. The molecule has 132 valence electrons. The lowest BCUT2D eigenvalue weighted by atomic mass is 10.1. The van der Waals surface area contributed by atoms with Gasteiger partial charge in [0.2, 0.25) is 5.79 Å². The van der Waals surface area contributed by atoms with E-state index in [2.05, 4.69) is 4.99 Å². The Bertz CT molecular complexity index is 875. The Balaban J connectivity index is 1.81. The average Bonchev–Trinajstić information content (AvgIpc) is 2.61. The van der Waals surface area contributed by atoms with Crippen LogP contribution in [0.4, 0.5) is 5.69 Å². The maximum atomic E-state index is 11.3. The van der Waals surface area contributed by atoms with Crippen LogP contribution in [-0.2, 0) is 9.47 Å². The van der Waals surface area contributed by atoms with Gasteiger partial charge in [-0.15, -0.1) is 0 Å². The Morgan fingerprint density at radius 3 is 2.35 bits per heavy atom. The highest BCUT2D eigenvalue weighted by Gasteiger charge is 2.28. The maximum Gasteiger partial charge on any atom is 0.245 e. The summed E-state index contributed by atoms with van der Waals surface area (Å²) in [6.45, 7) is 5.28. The van der Waals surface area contributed by atoms with Gasteiger partial charge >= 0.3 is 0 Å². The second-order valence-electron chi connectivity index (χ2n) is 6.43. The van der Waals surface area contributed by atoms with E-state index in [-0.39, 0.29) is 5.78 Å². The molecule has 0 atom stereocenters. The molecular weight excluding hydrogens is 326 g/mol. The molecule has 0 fully saturated rings. The Kier molecular flexibility index (Phi) is 5.03. The summed E-state index contributed by atoms with van der Waals surface area (Å²) in [5.74, 6) is 0.707. The van der Waals surface area contributed by atoms with Gasteiger partial charge in [-0.2, -0.15) is 0 Å². The SMILES string of the molecule is CC(=O)c1ccc(N=C/C=C2\C=C(c3ccccc3)OC(C)(C)O2)cc1. The van der Waals surface area contributed by atoms with Crippen molar-refractivity contribution >= 4 is 23.4 Å². The number of allylic oxidation sites excluding steroid dienone is 2. The lowest BCUT2D eigenvalue weighted by Gasteiger charge is -2.33. The van der Waals surface area contributed by atoms with Crippen LogP contribution in [0.15, 0.2) is 77.5 Å². The fourth-order valence-electron chi connectivity index (χ4n) is 2.56. The third-order valence-corrected chi connectivity index (χ3v) is 3.79. The molecule has 0 saturated carbocycles. The average molecular weight is 347 g/mol. The molecule has 4 heteroatoms. The Labute approximate surface area is 153 Å². The van der Waals surface area contributed by atoms with E-state index in [9.17, 15) is 4.79 Å². The topological polar surface area (TPSA) is 47.9 Å². The number of carbonyl (C=O) groups excluding carboxylic acids is 1. The Morgan fingerprint density at radius 2 is 1.69 bits per heavy atom. The van der Waals surface area contributed by atoms with Crippen molar-refractivity contribution in [1.29, 1.82) is 0 Å². The number of carbonyl (C=O) groups is 1. The number of aliphatic imine (C=N–C) groups is 1. The number of nitrogens with zero attached hydrogens (tertiary/aromatic N) is 1. The van der Waals surface area contributed by atoms with Crippen molar-refractivity contribution < 1.29 is 14.3 Å². The zero-order valence-corrected chi connectivity index (χ0v) is 15.1. The van der Waals surface area contributed by atoms with Crippen LogP contribution in [0.2, 0.25) is 0 Å². The summed E-state index contributed by atoms with van der Waals surface area (Å²) in [7, 11) is 0. The number of hydrogen-bond donors (Lipinski definition) is 0. The number of rotatable bonds is 4. The summed E-state index contributed by atoms with van der Waals surface area (Å²) in [4.78, 5) is 15.7. The zero-order chi connectivity index (χ0) is 18.6. The normalized spacial score (nSPS) is 17.5. The van der Waals surface area contributed by atoms with E-state index in [0.717, 1.165) is 17.0 Å². The van der Waals surface area contributed by atoms with E-state index < -0.39 is 5.79 Å². The summed E-state index contributed by atoms with van der Waals surface area (Å²) >= 11 is 0. The molecule has 2 aromatic carbocycles. The first-order valence-corrected chi connectivity index (χ1v) is 8.43. The van der Waals surface area contributed by atoms with E-state index in [1.54, 1.807) is 31.3 Å².